The minimum absolute atomic E-state index is 0.335. The summed E-state index contributed by atoms with van der Waals surface area (Å²) < 4.78 is 2.38. The van der Waals surface area contributed by atoms with Crippen molar-refractivity contribution in [3.05, 3.63) is 52.8 Å². The Morgan fingerprint density at radius 3 is 2.93 bits per heavy atom. The zero-order chi connectivity index (χ0) is 20.8. The first-order chi connectivity index (χ1) is 14.5. The van der Waals surface area contributed by atoms with Gasteiger partial charge in [-0.15, -0.1) is 0 Å². The van der Waals surface area contributed by atoms with Crippen LogP contribution in [0, 0.1) is 6.92 Å². The molecule has 11 heteroatoms. The number of nitrogens with one attached hydrogen (secondary N) is 1. The Bertz CT molecular complexity index is 1440. The second-order valence-corrected chi connectivity index (χ2v) is 8.32. The number of amides is 1. The molecule has 0 unspecified atom stereocenters. The summed E-state index contributed by atoms with van der Waals surface area (Å²) in [5.74, 6) is -0.335. The molecule has 5 aromatic rings. The maximum atomic E-state index is 13.1. The predicted molar refractivity (Wildman–Crippen MR) is 117 cm³/mol. The number of hydrogen-bond acceptors (Lipinski definition) is 8. The van der Waals surface area contributed by atoms with Crippen LogP contribution >= 0.6 is 27.3 Å². The monoisotopic (exact) mass is 480 g/mol. The van der Waals surface area contributed by atoms with Gasteiger partial charge in [-0.1, -0.05) is 11.3 Å². The molecule has 0 aliphatic rings. The van der Waals surface area contributed by atoms with Crippen LogP contribution in [0.5, 0.6) is 0 Å². The van der Waals surface area contributed by atoms with Gasteiger partial charge in [-0.2, -0.15) is 10.1 Å². The van der Waals surface area contributed by atoms with Crippen molar-refractivity contribution in [2.75, 3.05) is 5.32 Å². The Morgan fingerprint density at radius 2 is 2.07 bits per heavy atom. The number of carbonyl (C=O) groups is 1. The Labute approximate surface area is 182 Å². The number of carbonyl (C=O) groups excluding carboxylic acids is 1. The van der Waals surface area contributed by atoms with E-state index < -0.39 is 0 Å². The van der Waals surface area contributed by atoms with Gasteiger partial charge in [0.1, 0.15) is 10.3 Å². The largest absolute Gasteiger partial charge is 0.298 e. The molecule has 0 bridgehead atoms. The summed E-state index contributed by atoms with van der Waals surface area (Å²) in [6.45, 7) is 1.87. The number of thiazole rings is 1. The van der Waals surface area contributed by atoms with Crippen LogP contribution in [0.4, 0.5) is 5.13 Å². The summed E-state index contributed by atoms with van der Waals surface area (Å²) in [6, 6.07) is 3.74. The number of aromatic nitrogens is 7. The lowest BCUT2D eigenvalue weighted by Crippen LogP contribution is -2.14. The number of aryl methyl sites for hydroxylation is 2. The van der Waals surface area contributed by atoms with Crippen molar-refractivity contribution in [2.24, 2.45) is 7.05 Å². The fraction of sp³-hybridized carbons (Fsp3) is 0.105. The second kappa shape index (κ2) is 7.18. The first-order valence-electron chi connectivity index (χ1n) is 8.84. The van der Waals surface area contributed by atoms with Crippen molar-refractivity contribution in [2.45, 2.75) is 6.92 Å². The van der Waals surface area contributed by atoms with E-state index in [1.807, 2.05) is 26.1 Å². The van der Waals surface area contributed by atoms with Crippen molar-refractivity contribution in [3.8, 4) is 11.3 Å². The van der Waals surface area contributed by atoms with Gasteiger partial charge >= 0.3 is 0 Å². The molecule has 148 valence electrons. The molecule has 5 rings (SSSR count). The summed E-state index contributed by atoms with van der Waals surface area (Å²) in [4.78, 5) is 35.1. The second-order valence-electron chi connectivity index (χ2n) is 6.53. The normalized spacial score (nSPS) is 11.3. The van der Waals surface area contributed by atoms with E-state index in [-0.39, 0.29) is 5.91 Å². The van der Waals surface area contributed by atoms with Gasteiger partial charge in [0, 0.05) is 42.3 Å². The standard InChI is InChI=1S/C19H13BrN8OS/c1-9-5-10(15-12-6-21-4-3-13(12)28(2)27-15)11(7-22-9)17(29)26-19-25-16-18(30-19)24-14(20)8-23-16/h3-8H,1-2H3,(H,23,25,26,29). The smallest absolute Gasteiger partial charge is 0.259 e. The third kappa shape index (κ3) is 3.21. The maximum Gasteiger partial charge on any atom is 0.259 e. The molecule has 0 aliphatic carbocycles. The predicted octanol–water partition coefficient (Wildman–Crippen LogP) is 3.75. The Hall–Kier alpha value is -3.31. The van der Waals surface area contributed by atoms with Gasteiger partial charge in [0.15, 0.2) is 15.6 Å². The molecule has 5 aromatic heterocycles. The van der Waals surface area contributed by atoms with Crippen LogP contribution in [0.2, 0.25) is 0 Å². The van der Waals surface area contributed by atoms with Gasteiger partial charge < -0.3 is 0 Å². The lowest BCUT2D eigenvalue weighted by atomic mass is 10.0. The molecule has 0 atom stereocenters. The van der Waals surface area contributed by atoms with E-state index in [1.54, 1.807) is 29.5 Å². The van der Waals surface area contributed by atoms with Crippen LogP contribution in [-0.4, -0.2) is 40.6 Å². The minimum atomic E-state index is -0.335. The third-order valence-corrected chi connectivity index (χ3v) is 5.74. The van der Waals surface area contributed by atoms with Crippen LogP contribution in [0.15, 0.2) is 41.5 Å². The molecule has 1 amide bonds. The van der Waals surface area contributed by atoms with Gasteiger partial charge in [0.05, 0.1) is 17.3 Å². The van der Waals surface area contributed by atoms with Gasteiger partial charge in [0.2, 0.25) is 0 Å². The molecule has 1 N–H and O–H groups in total. The average molecular weight is 481 g/mol. The zero-order valence-corrected chi connectivity index (χ0v) is 18.2. The van der Waals surface area contributed by atoms with E-state index in [1.165, 1.54) is 11.3 Å². The van der Waals surface area contributed by atoms with Crippen LogP contribution in [0.25, 0.3) is 32.6 Å². The quantitative estimate of drug-likeness (QED) is 0.418. The first-order valence-corrected chi connectivity index (χ1v) is 10.4. The number of anilines is 1. The highest BCUT2D eigenvalue weighted by atomic mass is 79.9. The van der Waals surface area contributed by atoms with E-state index in [0.29, 0.717) is 37.0 Å². The molecule has 0 saturated carbocycles. The molecule has 0 fully saturated rings. The van der Waals surface area contributed by atoms with Gasteiger partial charge in [-0.25, -0.2) is 9.97 Å². The number of rotatable bonds is 3. The third-order valence-electron chi connectivity index (χ3n) is 4.51. The highest BCUT2D eigenvalue weighted by Crippen LogP contribution is 2.31. The molecular formula is C19H13BrN8OS. The van der Waals surface area contributed by atoms with Gasteiger partial charge in [0.25, 0.3) is 5.91 Å². The zero-order valence-electron chi connectivity index (χ0n) is 15.8. The van der Waals surface area contributed by atoms with Crippen LogP contribution in [-0.2, 0) is 7.05 Å². The van der Waals surface area contributed by atoms with Crippen molar-refractivity contribution in [1.29, 1.82) is 0 Å². The van der Waals surface area contributed by atoms with Gasteiger partial charge in [-0.05, 0) is 35.0 Å². The lowest BCUT2D eigenvalue weighted by molar-refractivity contribution is 0.102. The Morgan fingerprint density at radius 1 is 1.20 bits per heavy atom. The number of hydrogen-bond donors (Lipinski definition) is 1. The fourth-order valence-electron chi connectivity index (χ4n) is 3.16. The number of pyridine rings is 2. The topological polar surface area (TPSA) is 111 Å². The van der Waals surface area contributed by atoms with Crippen molar-refractivity contribution < 1.29 is 4.79 Å². The van der Waals surface area contributed by atoms with Crippen LogP contribution in [0.1, 0.15) is 16.1 Å². The molecule has 5 heterocycles. The Balaban J connectivity index is 1.58. The molecule has 0 aromatic carbocycles. The fourth-order valence-corrected chi connectivity index (χ4v) is 4.35. The number of nitrogens with zero attached hydrogens (tertiary/aromatic N) is 7. The van der Waals surface area contributed by atoms with Crippen molar-refractivity contribution in [3.63, 3.8) is 0 Å². The first kappa shape index (κ1) is 18.7. The lowest BCUT2D eigenvalue weighted by Gasteiger charge is -2.08. The molecule has 0 spiro atoms. The molecule has 30 heavy (non-hydrogen) atoms. The average Bonchev–Trinajstić information content (AvgIpc) is 3.28. The van der Waals surface area contributed by atoms with Crippen LogP contribution < -0.4 is 5.32 Å². The highest BCUT2D eigenvalue weighted by Gasteiger charge is 2.20. The molecular weight excluding hydrogens is 468 g/mol. The van der Waals surface area contributed by atoms with Crippen molar-refractivity contribution >= 4 is 59.7 Å². The SMILES string of the molecule is Cc1cc(-c2nn(C)c3ccncc23)c(C(=O)Nc2nc3ncc(Br)nc3s2)cn1. The summed E-state index contributed by atoms with van der Waals surface area (Å²) in [7, 11) is 1.86. The maximum absolute atomic E-state index is 13.1. The Kier molecular flexibility index (Phi) is 4.48. The summed E-state index contributed by atoms with van der Waals surface area (Å²) in [5, 5.41) is 8.73. The summed E-state index contributed by atoms with van der Waals surface area (Å²) >= 11 is 4.54. The van der Waals surface area contributed by atoms with Crippen molar-refractivity contribution in [1.82, 2.24) is 34.7 Å². The van der Waals surface area contributed by atoms with E-state index in [4.69, 9.17) is 0 Å². The highest BCUT2D eigenvalue weighted by molar-refractivity contribution is 9.10. The minimum Gasteiger partial charge on any atom is -0.298 e. The molecule has 0 aliphatic heterocycles. The summed E-state index contributed by atoms with van der Waals surface area (Å²) in [5.41, 5.74) is 3.93. The molecule has 9 nitrogen and oxygen atoms in total. The molecule has 0 radical (unpaired) electrons. The number of halogens is 1. The van der Waals surface area contributed by atoms with Gasteiger partial charge in [-0.3, -0.25) is 24.8 Å². The number of fused-ring (bicyclic) bond motifs is 2. The van der Waals surface area contributed by atoms with E-state index >= 15 is 0 Å². The molecule has 0 saturated heterocycles. The van der Waals surface area contributed by atoms with E-state index in [2.05, 4.69) is 51.3 Å². The van der Waals surface area contributed by atoms with E-state index in [0.717, 1.165) is 16.6 Å². The summed E-state index contributed by atoms with van der Waals surface area (Å²) in [6.07, 6.45) is 6.58. The van der Waals surface area contributed by atoms with E-state index in [9.17, 15) is 4.79 Å². The van der Waals surface area contributed by atoms with Crippen LogP contribution in [0.3, 0.4) is 0 Å².